The number of amides is 1. The Balaban J connectivity index is 1.61. The smallest absolute Gasteiger partial charge is 0.311 e. The summed E-state index contributed by atoms with van der Waals surface area (Å²) >= 11 is 6.08. The van der Waals surface area contributed by atoms with Gasteiger partial charge in [-0.15, -0.1) is 0 Å². The van der Waals surface area contributed by atoms with Gasteiger partial charge in [-0.2, -0.15) is 4.31 Å². The number of esters is 1. The average Bonchev–Trinajstić information content (AvgIpc) is 2.79. The van der Waals surface area contributed by atoms with E-state index in [2.05, 4.69) is 5.32 Å². The van der Waals surface area contributed by atoms with Gasteiger partial charge in [-0.3, -0.25) is 19.7 Å². The first kappa shape index (κ1) is 24.6. The zero-order valence-corrected chi connectivity index (χ0v) is 18.8. The van der Waals surface area contributed by atoms with E-state index in [0.29, 0.717) is 0 Å². The number of morpholine rings is 1. The molecule has 1 aliphatic rings. The van der Waals surface area contributed by atoms with E-state index >= 15 is 0 Å². The summed E-state index contributed by atoms with van der Waals surface area (Å²) in [6.07, 6.45) is -0.382. The van der Waals surface area contributed by atoms with Gasteiger partial charge in [0.1, 0.15) is 4.90 Å². The highest BCUT2D eigenvalue weighted by Gasteiger charge is 2.28. The molecule has 0 unspecified atom stereocenters. The molecule has 1 N–H and O–H groups in total. The fraction of sp³-hybridized carbons (Fsp3) is 0.300. The SMILES string of the molecule is O=C(COC(=O)Cc1ccccc1[N+](=O)[O-])Nc1ccc(Cl)c(S(=O)(=O)N2CCOCC2)c1. The minimum atomic E-state index is -3.89. The van der Waals surface area contributed by atoms with E-state index in [1.54, 1.807) is 6.07 Å². The largest absolute Gasteiger partial charge is 0.455 e. The van der Waals surface area contributed by atoms with Crippen LogP contribution in [-0.4, -0.2) is 62.4 Å². The second-order valence-electron chi connectivity index (χ2n) is 6.93. The maximum Gasteiger partial charge on any atom is 0.311 e. The van der Waals surface area contributed by atoms with E-state index in [0.717, 1.165) is 0 Å². The lowest BCUT2D eigenvalue weighted by Crippen LogP contribution is -2.40. The molecule has 0 saturated carbocycles. The minimum absolute atomic E-state index is 0.00428. The van der Waals surface area contributed by atoms with Gasteiger partial charge in [-0.1, -0.05) is 29.8 Å². The lowest BCUT2D eigenvalue weighted by atomic mass is 10.1. The second kappa shape index (κ2) is 10.7. The number of hydrogen-bond acceptors (Lipinski definition) is 8. The van der Waals surface area contributed by atoms with Gasteiger partial charge in [0.05, 0.1) is 29.6 Å². The van der Waals surface area contributed by atoms with Crippen LogP contribution in [0.15, 0.2) is 47.4 Å². The van der Waals surface area contributed by atoms with Crippen LogP contribution in [0, 0.1) is 10.1 Å². The number of ether oxygens (including phenoxy) is 2. The number of carbonyl (C=O) groups excluding carboxylic acids is 2. The van der Waals surface area contributed by atoms with Crippen LogP contribution >= 0.6 is 11.6 Å². The topological polar surface area (TPSA) is 145 Å². The van der Waals surface area contributed by atoms with Gasteiger partial charge in [-0.25, -0.2) is 8.42 Å². The minimum Gasteiger partial charge on any atom is -0.455 e. The van der Waals surface area contributed by atoms with Crippen LogP contribution in [-0.2, 0) is 35.5 Å². The third-order valence-corrected chi connectivity index (χ3v) is 7.07. The van der Waals surface area contributed by atoms with Gasteiger partial charge >= 0.3 is 5.97 Å². The van der Waals surface area contributed by atoms with E-state index in [9.17, 15) is 28.1 Å². The maximum atomic E-state index is 12.9. The zero-order chi connectivity index (χ0) is 24.0. The molecule has 0 radical (unpaired) electrons. The molecule has 0 aromatic heterocycles. The third-order valence-electron chi connectivity index (χ3n) is 4.69. The van der Waals surface area contributed by atoms with E-state index in [1.807, 2.05) is 0 Å². The quantitative estimate of drug-likeness (QED) is 0.331. The number of para-hydroxylation sites is 1. The molecule has 0 atom stereocenters. The Labute approximate surface area is 194 Å². The Morgan fingerprint density at radius 3 is 2.58 bits per heavy atom. The van der Waals surface area contributed by atoms with E-state index in [-0.39, 0.29) is 59.6 Å². The van der Waals surface area contributed by atoms with Gasteiger partial charge in [0, 0.05) is 30.4 Å². The standard InChI is InChI=1S/C20H20ClN3O8S/c21-16-6-5-15(12-18(16)33(29,30)23-7-9-31-10-8-23)22-19(25)13-32-20(26)11-14-3-1-2-4-17(14)24(27)28/h1-6,12H,7-11,13H2,(H,22,25). The number of nitro groups is 1. The molecule has 0 spiro atoms. The van der Waals surface area contributed by atoms with Crippen molar-refractivity contribution in [2.24, 2.45) is 0 Å². The summed E-state index contributed by atoms with van der Waals surface area (Å²) < 4.78 is 37.0. The Hall–Kier alpha value is -3.06. The highest BCUT2D eigenvalue weighted by Crippen LogP contribution is 2.28. The molecule has 11 nitrogen and oxygen atoms in total. The first-order chi connectivity index (χ1) is 15.7. The van der Waals surface area contributed by atoms with Crippen molar-refractivity contribution in [3.63, 3.8) is 0 Å². The van der Waals surface area contributed by atoms with Crippen LogP contribution in [0.25, 0.3) is 0 Å². The van der Waals surface area contributed by atoms with Crippen LogP contribution in [0.3, 0.4) is 0 Å². The number of halogens is 1. The van der Waals surface area contributed by atoms with Crippen LogP contribution in [0.2, 0.25) is 5.02 Å². The number of hydrogen-bond donors (Lipinski definition) is 1. The van der Waals surface area contributed by atoms with Gasteiger partial charge in [-0.05, 0) is 18.2 Å². The van der Waals surface area contributed by atoms with Crippen LogP contribution < -0.4 is 5.32 Å². The number of nitrogens with one attached hydrogen (secondary N) is 1. The molecule has 1 fully saturated rings. The summed E-state index contributed by atoms with van der Waals surface area (Å²) in [6.45, 7) is 0.249. The second-order valence-corrected chi connectivity index (χ2v) is 9.25. The summed E-state index contributed by atoms with van der Waals surface area (Å²) in [5.74, 6) is -1.55. The molecule has 1 saturated heterocycles. The highest BCUT2D eigenvalue weighted by molar-refractivity contribution is 7.89. The summed E-state index contributed by atoms with van der Waals surface area (Å²) in [5, 5.41) is 13.5. The fourth-order valence-corrected chi connectivity index (χ4v) is 5.00. The number of sulfonamides is 1. The number of nitrogens with zero attached hydrogens (tertiary/aromatic N) is 2. The van der Waals surface area contributed by atoms with Gasteiger partial charge in [0.2, 0.25) is 10.0 Å². The molecule has 176 valence electrons. The Morgan fingerprint density at radius 1 is 1.18 bits per heavy atom. The predicted octanol–water partition coefficient (Wildman–Crippen LogP) is 1.99. The molecule has 33 heavy (non-hydrogen) atoms. The molecule has 0 aliphatic carbocycles. The van der Waals surface area contributed by atoms with Gasteiger partial charge in [0.25, 0.3) is 11.6 Å². The van der Waals surface area contributed by atoms with Crippen LogP contribution in [0.4, 0.5) is 11.4 Å². The van der Waals surface area contributed by atoms with Crippen molar-refractivity contribution in [3.05, 3.63) is 63.2 Å². The Bertz CT molecular complexity index is 1170. The molecular weight excluding hydrogens is 478 g/mol. The lowest BCUT2D eigenvalue weighted by Gasteiger charge is -2.26. The number of rotatable bonds is 8. The summed E-state index contributed by atoms with van der Waals surface area (Å²) in [5.41, 5.74) is 0.0728. The molecule has 2 aromatic rings. The van der Waals surface area contributed by atoms with Crippen molar-refractivity contribution >= 4 is 44.9 Å². The van der Waals surface area contributed by atoms with E-state index < -0.39 is 33.4 Å². The number of nitro benzene ring substituents is 1. The monoisotopic (exact) mass is 497 g/mol. The number of benzene rings is 2. The molecule has 0 bridgehead atoms. The maximum absolute atomic E-state index is 12.9. The van der Waals surface area contributed by atoms with E-state index in [1.165, 1.54) is 40.7 Å². The third kappa shape index (κ3) is 6.26. The molecule has 1 heterocycles. The molecule has 13 heteroatoms. The Morgan fingerprint density at radius 2 is 1.88 bits per heavy atom. The lowest BCUT2D eigenvalue weighted by molar-refractivity contribution is -0.385. The first-order valence-electron chi connectivity index (χ1n) is 9.73. The summed E-state index contributed by atoms with van der Waals surface area (Å²) in [7, 11) is -3.89. The molecular formula is C20H20ClN3O8S. The zero-order valence-electron chi connectivity index (χ0n) is 17.2. The van der Waals surface area contributed by atoms with Crippen molar-refractivity contribution in [2.45, 2.75) is 11.3 Å². The van der Waals surface area contributed by atoms with Crippen LogP contribution in [0.5, 0.6) is 0 Å². The van der Waals surface area contributed by atoms with Crippen molar-refractivity contribution in [3.8, 4) is 0 Å². The predicted molar refractivity (Wildman–Crippen MR) is 117 cm³/mol. The summed E-state index contributed by atoms with van der Waals surface area (Å²) in [6, 6.07) is 9.67. The van der Waals surface area contributed by atoms with Gasteiger partial charge < -0.3 is 14.8 Å². The number of carbonyl (C=O) groups is 2. The normalized spacial score (nSPS) is 14.5. The van der Waals surface area contributed by atoms with Crippen molar-refractivity contribution in [1.29, 1.82) is 0 Å². The molecule has 1 aliphatic heterocycles. The highest BCUT2D eigenvalue weighted by atomic mass is 35.5. The number of anilines is 1. The molecule has 1 amide bonds. The molecule has 2 aromatic carbocycles. The average molecular weight is 498 g/mol. The first-order valence-corrected chi connectivity index (χ1v) is 11.6. The van der Waals surface area contributed by atoms with Crippen LogP contribution in [0.1, 0.15) is 5.56 Å². The van der Waals surface area contributed by atoms with Crippen molar-refractivity contribution in [2.75, 3.05) is 38.2 Å². The van der Waals surface area contributed by atoms with E-state index in [4.69, 9.17) is 21.1 Å². The Kier molecular flexibility index (Phi) is 7.97. The molecule has 3 rings (SSSR count). The van der Waals surface area contributed by atoms with Gasteiger partial charge in [0.15, 0.2) is 6.61 Å². The fourth-order valence-electron chi connectivity index (χ4n) is 3.09. The van der Waals surface area contributed by atoms with Crippen molar-refractivity contribution < 1.29 is 32.4 Å². The van der Waals surface area contributed by atoms with Crippen molar-refractivity contribution in [1.82, 2.24) is 4.31 Å². The summed E-state index contributed by atoms with van der Waals surface area (Å²) in [4.78, 5) is 34.4.